The van der Waals surface area contributed by atoms with Crippen LogP contribution in [-0.2, 0) is 13.8 Å². The van der Waals surface area contributed by atoms with Gasteiger partial charge in [-0.1, -0.05) is 0 Å². The van der Waals surface area contributed by atoms with Crippen LogP contribution in [0.2, 0.25) is 0 Å². The number of aromatic nitrogens is 4. The van der Waals surface area contributed by atoms with Gasteiger partial charge in [-0.25, -0.2) is 19.5 Å². The molecular weight excluding hydrogens is 317 g/mol. The number of phosphoric ester groups is 1. The average molecular weight is 331 g/mol. The lowest BCUT2D eigenvalue weighted by Crippen LogP contribution is -2.21. The summed E-state index contributed by atoms with van der Waals surface area (Å²) in [5, 5.41) is 9.21. The van der Waals surface area contributed by atoms with Crippen LogP contribution in [-0.4, -0.2) is 53.2 Å². The summed E-state index contributed by atoms with van der Waals surface area (Å²) in [6, 6.07) is 0. The zero-order valence-electron chi connectivity index (χ0n) is 11.2. The maximum atomic E-state index is 11.1. The molecule has 0 radical (unpaired) electrons. The summed E-state index contributed by atoms with van der Waals surface area (Å²) in [6.07, 6.45) is 0.254. The van der Waals surface area contributed by atoms with Gasteiger partial charge >= 0.3 is 7.82 Å². The monoisotopic (exact) mass is 331 g/mol. The van der Waals surface area contributed by atoms with Gasteiger partial charge in [-0.05, 0) is 0 Å². The highest BCUT2D eigenvalue weighted by Gasteiger charge is 2.41. The standard InChI is InChI=1S/C10H14N5O6P/c11-8-7-9(13-3-12-8)15(4-14-7)10-6(21-22(17,18)19)1-5(2-16)20-10/h3-6,10,16H,1-2H2,(H2,11,12,13)(H2,17,18,19)/t5-,6?,10+/m0/s1. The van der Waals surface area contributed by atoms with E-state index in [2.05, 4.69) is 15.0 Å². The first kappa shape index (κ1) is 15.3. The summed E-state index contributed by atoms with van der Waals surface area (Å²) in [4.78, 5) is 29.9. The average Bonchev–Trinajstić information content (AvgIpc) is 3.01. The van der Waals surface area contributed by atoms with Gasteiger partial charge in [-0.3, -0.25) is 9.09 Å². The van der Waals surface area contributed by atoms with Crippen molar-refractivity contribution in [3.8, 4) is 0 Å². The molecule has 1 aliphatic rings. The molecule has 0 saturated carbocycles. The van der Waals surface area contributed by atoms with E-state index < -0.39 is 26.3 Å². The Labute approximate surface area is 124 Å². The Morgan fingerprint density at radius 3 is 2.91 bits per heavy atom. The number of imidazole rings is 1. The first-order valence-electron chi connectivity index (χ1n) is 6.32. The van der Waals surface area contributed by atoms with E-state index in [4.69, 9.17) is 24.8 Å². The van der Waals surface area contributed by atoms with Crippen molar-refractivity contribution in [1.82, 2.24) is 19.5 Å². The van der Waals surface area contributed by atoms with Crippen molar-refractivity contribution in [1.29, 1.82) is 0 Å². The van der Waals surface area contributed by atoms with E-state index >= 15 is 0 Å². The van der Waals surface area contributed by atoms with Crippen LogP contribution < -0.4 is 5.73 Å². The summed E-state index contributed by atoms with van der Waals surface area (Å²) < 4.78 is 22.9. The Kier molecular flexibility index (Phi) is 3.85. The third kappa shape index (κ3) is 2.82. The van der Waals surface area contributed by atoms with Gasteiger partial charge in [0.05, 0.1) is 19.0 Å². The summed E-state index contributed by atoms with van der Waals surface area (Å²) in [7, 11) is -4.71. The Balaban J connectivity index is 1.99. The molecule has 22 heavy (non-hydrogen) atoms. The van der Waals surface area contributed by atoms with E-state index in [1.807, 2.05) is 0 Å². The summed E-state index contributed by atoms with van der Waals surface area (Å²) >= 11 is 0. The van der Waals surface area contributed by atoms with Crippen molar-refractivity contribution >= 4 is 24.8 Å². The van der Waals surface area contributed by atoms with E-state index in [0.29, 0.717) is 11.2 Å². The lowest BCUT2D eigenvalue weighted by molar-refractivity contribution is -0.0477. The third-order valence-corrected chi connectivity index (χ3v) is 3.83. The highest BCUT2D eigenvalue weighted by molar-refractivity contribution is 7.46. The van der Waals surface area contributed by atoms with E-state index in [0.717, 1.165) is 0 Å². The van der Waals surface area contributed by atoms with Crippen LogP contribution in [0.15, 0.2) is 12.7 Å². The van der Waals surface area contributed by atoms with Crippen LogP contribution in [0.1, 0.15) is 12.6 Å². The second-order valence-corrected chi connectivity index (χ2v) is 5.98. The molecule has 1 aliphatic heterocycles. The highest BCUT2D eigenvalue weighted by atomic mass is 31.2. The second kappa shape index (κ2) is 5.54. The normalized spacial score (nSPS) is 25.9. The van der Waals surface area contributed by atoms with Gasteiger partial charge in [0.25, 0.3) is 0 Å². The zero-order chi connectivity index (χ0) is 15.9. The van der Waals surface area contributed by atoms with Crippen molar-refractivity contribution in [2.75, 3.05) is 12.3 Å². The number of rotatable bonds is 4. The van der Waals surface area contributed by atoms with Crippen LogP contribution in [0.3, 0.4) is 0 Å². The number of fused-ring (bicyclic) bond motifs is 1. The number of nitrogens with two attached hydrogens (primary N) is 1. The molecule has 0 amide bonds. The first-order chi connectivity index (χ1) is 10.4. The summed E-state index contributed by atoms with van der Waals surface area (Å²) in [5.74, 6) is 0.174. The fourth-order valence-electron chi connectivity index (χ4n) is 2.41. The maximum absolute atomic E-state index is 11.1. The number of nitrogens with zero attached hydrogens (tertiary/aromatic N) is 4. The lowest BCUT2D eigenvalue weighted by Gasteiger charge is -2.20. The molecule has 11 nitrogen and oxygen atoms in total. The van der Waals surface area contributed by atoms with E-state index in [1.54, 1.807) is 0 Å². The van der Waals surface area contributed by atoms with E-state index in [9.17, 15) is 9.67 Å². The summed E-state index contributed by atoms with van der Waals surface area (Å²) in [5.41, 5.74) is 6.38. The minimum absolute atomic E-state index is 0.118. The smallest absolute Gasteiger partial charge is 0.394 e. The van der Waals surface area contributed by atoms with Crippen LogP contribution in [0, 0.1) is 0 Å². The van der Waals surface area contributed by atoms with Gasteiger partial charge in [0, 0.05) is 6.42 Å². The predicted molar refractivity (Wildman–Crippen MR) is 72.3 cm³/mol. The molecular formula is C10H14N5O6P. The molecule has 0 bridgehead atoms. The molecule has 3 atom stereocenters. The maximum Gasteiger partial charge on any atom is 0.470 e. The minimum atomic E-state index is -4.71. The van der Waals surface area contributed by atoms with Crippen LogP contribution in [0.4, 0.5) is 5.82 Å². The third-order valence-electron chi connectivity index (χ3n) is 3.28. The SMILES string of the molecule is Nc1ncnc2c1ncn2[C@@H]1O[C@H](CO)CC1OP(=O)(O)O. The molecule has 3 rings (SSSR count). The van der Waals surface area contributed by atoms with E-state index in [1.165, 1.54) is 17.2 Å². The minimum Gasteiger partial charge on any atom is -0.394 e. The number of phosphoric acid groups is 1. The number of ether oxygens (including phenoxy) is 1. The van der Waals surface area contributed by atoms with Gasteiger partial charge in [-0.15, -0.1) is 0 Å². The summed E-state index contributed by atoms with van der Waals surface area (Å²) in [6.45, 7) is -0.304. The van der Waals surface area contributed by atoms with Crippen molar-refractivity contribution < 1.29 is 28.7 Å². The van der Waals surface area contributed by atoms with Gasteiger partial charge < -0.3 is 25.4 Å². The molecule has 0 spiro atoms. The predicted octanol–water partition coefficient (Wildman–Crippen LogP) is -0.834. The zero-order valence-corrected chi connectivity index (χ0v) is 12.1. The molecule has 2 aromatic rings. The fraction of sp³-hybridized carbons (Fsp3) is 0.500. The molecule has 2 aromatic heterocycles. The van der Waals surface area contributed by atoms with Crippen LogP contribution >= 0.6 is 7.82 Å². The first-order valence-corrected chi connectivity index (χ1v) is 7.85. The number of hydrogen-bond acceptors (Lipinski definition) is 8. The fourth-order valence-corrected chi connectivity index (χ4v) is 2.95. The Hall–Kier alpha value is -1.62. The van der Waals surface area contributed by atoms with Gasteiger partial charge in [0.15, 0.2) is 17.7 Å². The molecule has 5 N–H and O–H groups in total. The lowest BCUT2D eigenvalue weighted by atomic mass is 10.2. The van der Waals surface area contributed by atoms with Gasteiger partial charge in [0.1, 0.15) is 17.9 Å². The molecule has 12 heteroatoms. The number of anilines is 1. The molecule has 120 valence electrons. The Morgan fingerprint density at radius 1 is 1.45 bits per heavy atom. The molecule has 1 fully saturated rings. The number of aliphatic hydroxyl groups excluding tert-OH is 1. The number of nitrogen functional groups attached to an aromatic ring is 1. The largest absolute Gasteiger partial charge is 0.470 e. The molecule has 3 heterocycles. The topological polar surface area (TPSA) is 166 Å². The molecule has 0 aromatic carbocycles. The van der Waals surface area contributed by atoms with Crippen molar-refractivity contribution in [3.05, 3.63) is 12.7 Å². The van der Waals surface area contributed by atoms with Crippen molar-refractivity contribution in [2.24, 2.45) is 0 Å². The quantitative estimate of drug-likeness (QED) is 0.519. The van der Waals surface area contributed by atoms with Crippen molar-refractivity contribution in [2.45, 2.75) is 24.9 Å². The van der Waals surface area contributed by atoms with Crippen LogP contribution in [0.25, 0.3) is 11.2 Å². The van der Waals surface area contributed by atoms with Gasteiger partial charge in [-0.2, -0.15) is 0 Å². The second-order valence-electron chi connectivity index (χ2n) is 4.78. The Bertz CT molecular complexity index is 732. The van der Waals surface area contributed by atoms with E-state index in [-0.39, 0.29) is 18.8 Å². The Morgan fingerprint density at radius 2 is 2.23 bits per heavy atom. The molecule has 1 saturated heterocycles. The molecule has 1 unspecified atom stereocenters. The highest BCUT2D eigenvalue weighted by Crippen LogP contribution is 2.44. The van der Waals surface area contributed by atoms with Gasteiger partial charge in [0.2, 0.25) is 0 Å². The van der Waals surface area contributed by atoms with Crippen LogP contribution in [0.5, 0.6) is 0 Å². The van der Waals surface area contributed by atoms with Crippen molar-refractivity contribution in [3.63, 3.8) is 0 Å². The number of hydrogen-bond donors (Lipinski definition) is 4. The molecule has 0 aliphatic carbocycles. The number of aliphatic hydroxyl groups is 1.